The SMILES string of the molecule is CCOc1ccc(CNCC2CC2(C)C)cc1. The van der Waals surface area contributed by atoms with E-state index >= 15 is 0 Å². The molecule has 2 nitrogen and oxygen atoms in total. The third-order valence-electron chi connectivity index (χ3n) is 3.67. The highest BCUT2D eigenvalue weighted by Gasteiger charge is 2.44. The molecule has 0 heterocycles. The van der Waals surface area contributed by atoms with Crippen LogP contribution < -0.4 is 10.1 Å². The minimum atomic E-state index is 0.575. The molecule has 17 heavy (non-hydrogen) atoms. The first-order valence-corrected chi connectivity index (χ1v) is 6.54. The van der Waals surface area contributed by atoms with Gasteiger partial charge in [0, 0.05) is 6.54 Å². The molecular formula is C15H23NO. The molecule has 1 aliphatic carbocycles. The summed E-state index contributed by atoms with van der Waals surface area (Å²) in [5, 5.41) is 3.53. The third kappa shape index (κ3) is 3.47. The number of ether oxygens (including phenoxy) is 1. The van der Waals surface area contributed by atoms with Crippen LogP contribution in [-0.2, 0) is 6.54 Å². The molecule has 0 spiro atoms. The van der Waals surface area contributed by atoms with E-state index < -0.39 is 0 Å². The van der Waals surface area contributed by atoms with Crippen LogP contribution in [-0.4, -0.2) is 13.2 Å². The van der Waals surface area contributed by atoms with E-state index in [2.05, 4.69) is 31.3 Å². The summed E-state index contributed by atoms with van der Waals surface area (Å²) >= 11 is 0. The van der Waals surface area contributed by atoms with Gasteiger partial charge < -0.3 is 10.1 Å². The van der Waals surface area contributed by atoms with Crippen molar-refractivity contribution in [3.8, 4) is 5.75 Å². The molecule has 1 unspecified atom stereocenters. The predicted molar refractivity (Wildman–Crippen MR) is 71.2 cm³/mol. The minimum absolute atomic E-state index is 0.575. The number of benzene rings is 1. The zero-order valence-corrected chi connectivity index (χ0v) is 11.1. The van der Waals surface area contributed by atoms with E-state index in [1.54, 1.807) is 0 Å². The quantitative estimate of drug-likeness (QED) is 0.814. The molecule has 1 N–H and O–H groups in total. The summed E-state index contributed by atoms with van der Waals surface area (Å²) in [6.45, 7) is 9.52. The van der Waals surface area contributed by atoms with Gasteiger partial charge in [-0.05, 0) is 48.9 Å². The van der Waals surface area contributed by atoms with Crippen molar-refractivity contribution in [2.75, 3.05) is 13.2 Å². The summed E-state index contributed by atoms with van der Waals surface area (Å²) in [5.41, 5.74) is 1.90. The summed E-state index contributed by atoms with van der Waals surface area (Å²) in [7, 11) is 0. The van der Waals surface area contributed by atoms with E-state index in [9.17, 15) is 0 Å². The van der Waals surface area contributed by atoms with Gasteiger partial charge in [-0.2, -0.15) is 0 Å². The first kappa shape index (κ1) is 12.4. The fraction of sp³-hybridized carbons (Fsp3) is 0.600. The van der Waals surface area contributed by atoms with Gasteiger partial charge in [0.2, 0.25) is 0 Å². The second kappa shape index (κ2) is 5.09. The number of hydrogen-bond acceptors (Lipinski definition) is 2. The summed E-state index contributed by atoms with van der Waals surface area (Å²) < 4.78 is 5.42. The van der Waals surface area contributed by atoms with Gasteiger partial charge in [0.25, 0.3) is 0 Å². The normalized spacial score (nSPS) is 21.2. The Morgan fingerprint density at radius 2 is 1.94 bits per heavy atom. The lowest BCUT2D eigenvalue weighted by Gasteiger charge is -2.07. The molecule has 0 radical (unpaired) electrons. The fourth-order valence-electron chi connectivity index (χ4n) is 2.19. The molecule has 0 amide bonds. The maximum atomic E-state index is 5.42. The monoisotopic (exact) mass is 233 g/mol. The molecule has 1 aliphatic rings. The Kier molecular flexibility index (Phi) is 3.72. The van der Waals surface area contributed by atoms with Crippen LogP contribution in [0.25, 0.3) is 0 Å². The number of hydrogen-bond donors (Lipinski definition) is 1. The van der Waals surface area contributed by atoms with Crippen LogP contribution >= 0.6 is 0 Å². The van der Waals surface area contributed by atoms with E-state index in [1.165, 1.54) is 12.0 Å². The molecule has 1 atom stereocenters. The van der Waals surface area contributed by atoms with Crippen molar-refractivity contribution < 1.29 is 4.74 Å². The Labute approximate surface area is 104 Å². The summed E-state index contributed by atoms with van der Waals surface area (Å²) in [5.74, 6) is 1.82. The van der Waals surface area contributed by atoms with Crippen LogP contribution in [0.5, 0.6) is 5.75 Å². The first-order valence-electron chi connectivity index (χ1n) is 6.54. The summed E-state index contributed by atoms with van der Waals surface area (Å²) in [6.07, 6.45) is 1.36. The molecule has 1 aromatic rings. The van der Waals surface area contributed by atoms with Gasteiger partial charge in [-0.1, -0.05) is 26.0 Å². The lowest BCUT2D eigenvalue weighted by Crippen LogP contribution is -2.17. The summed E-state index contributed by atoms with van der Waals surface area (Å²) in [6, 6.07) is 8.36. The van der Waals surface area contributed by atoms with Gasteiger partial charge >= 0.3 is 0 Å². The molecular weight excluding hydrogens is 210 g/mol. The van der Waals surface area contributed by atoms with Gasteiger partial charge in [0.1, 0.15) is 5.75 Å². The molecule has 0 aromatic heterocycles. The molecule has 2 rings (SSSR count). The molecule has 94 valence electrons. The lowest BCUT2D eigenvalue weighted by molar-refractivity contribution is 0.340. The van der Waals surface area contributed by atoms with E-state index in [0.717, 1.165) is 31.4 Å². The average Bonchev–Trinajstić information content (AvgIpc) is 2.89. The molecule has 0 bridgehead atoms. The molecule has 2 heteroatoms. The van der Waals surface area contributed by atoms with Crippen LogP contribution in [0.3, 0.4) is 0 Å². The minimum Gasteiger partial charge on any atom is -0.494 e. The Balaban J connectivity index is 1.72. The maximum Gasteiger partial charge on any atom is 0.119 e. The average molecular weight is 233 g/mol. The molecule has 1 aromatic carbocycles. The number of rotatable bonds is 6. The second-order valence-electron chi connectivity index (χ2n) is 5.60. The van der Waals surface area contributed by atoms with Crippen molar-refractivity contribution in [3.63, 3.8) is 0 Å². The smallest absolute Gasteiger partial charge is 0.119 e. The zero-order valence-electron chi connectivity index (χ0n) is 11.1. The van der Waals surface area contributed by atoms with E-state index in [0.29, 0.717) is 5.41 Å². The van der Waals surface area contributed by atoms with Crippen LogP contribution in [0, 0.1) is 11.3 Å². The maximum absolute atomic E-state index is 5.42. The molecule has 0 saturated heterocycles. The highest BCUT2D eigenvalue weighted by molar-refractivity contribution is 5.27. The van der Waals surface area contributed by atoms with Crippen molar-refractivity contribution in [1.82, 2.24) is 5.32 Å². The highest BCUT2D eigenvalue weighted by Crippen LogP contribution is 2.50. The molecule has 0 aliphatic heterocycles. The number of nitrogens with one attached hydrogen (secondary N) is 1. The van der Waals surface area contributed by atoms with Crippen molar-refractivity contribution in [1.29, 1.82) is 0 Å². The van der Waals surface area contributed by atoms with E-state index in [4.69, 9.17) is 4.74 Å². The highest BCUT2D eigenvalue weighted by atomic mass is 16.5. The fourth-order valence-corrected chi connectivity index (χ4v) is 2.19. The van der Waals surface area contributed by atoms with Crippen LogP contribution in [0.1, 0.15) is 32.8 Å². The zero-order chi connectivity index (χ0) is 12.3. The Morgan fingerprint density at radius 1 is 1.29 bits per heavy atom. The molecule has 1 fully saturated rings. The van der Waals surface area contributed by atoms with Gasteiger partial charge in [0.05, 0.1) is 6.61 Å². The van der Waals surface area contributed by atoms with Crippen LogP contribution in [0.2, 0.25) is 0 Å². The second-order valence-corrected chi connectivity index (χ2v) is 5.60. The van der Waals surface area contributed by atoms with Gasteiger partial charge in [0.15, 0.2) is 0 Å². The molecule has 1 saturated carbocycles. The van der Waals surface area contributed by atoms with Gasteiger partial charge in [-0.15, -0.1) is 0 Å². The Bertz CT molecular complexity index is 356. The van der Waals surface area contributed by atoms with Gasteiger partial charge in [-0.3, -0.25) is 0 Å². The van der Waals surface area contributed by atoms with Crippen molar-refractivity contribution in [3.05, 3.63) is 29.8 Å². The van der Waals surface area contributed by atoms with E-state index in [1.807, 2.05) is 19.1 Å². The van der Waals surface area contributed by atoms with Gasteiger partial charge in [-0.25, -0.2) is 0 Å². The topological polar surface area (TPSA) is 21.3 Å². The first-order chi connectivity index (χ1) is 8.12. The third-order valence-corrected chi connectivity index (χ3v) is 3.67. The standard InChI is InChI=1S/C15H23NO/c1-4-17-14-7-5-12(6-8-14)10-16-11-13-9-15(13,2)3/h5-8,13,16H,4,9-11H2,1-3H3. The largest absolute Gasteiger partial charge is 0.494 e. The Hall–Kier alpha value is -1.02. The predicted octanol–water partition coefficient (Wildman–Crippen LogP) is 3.22. The summed E-state index contributed by atoms with van der Waals surface area (Å²) in [4.78, 5) is 0. The van der Waals surface area contributed by atoms with Crippen LogP contribution in [0.4, 0.5) is 0 Å². The van der Waals surface area contributed by atoms with Crippen LogP contribution in [0.15, 0.2) is 24.3 Å². The lowest BCUT2D eigenvalue weighted by atomic mass is 10.1. The van der Waals surface area contributed by atoms with Crippen molar-refractivity contribution >= 4 is 0 Å². The van der Waals surface area contributed by atoms with Crippen molar-refractivity contribution in [2.24, 2.45) is 11.3 Å². The van der Waals surface area contributed by atoms with Crippen molar-refractivity contribution in [2.45, 2.75) is 33.7 Å². The van der Waals surface area contributed by atoms with E-state index in [-0.39, 0.29) is 0 Å². The Morgan fingerprint density at radius 3 is 2.47 bits per heavy atom.